The number of aromatic nitrogens is 3. The molecule has 1 saturated carbocycles. The highest BCUT2D eigenvalue weighted by Crippen LogP contribution is 2.25. The van der Waals surface area contributed by atoms with E-state index >= 15 is 0 Å². The van der Waals surface area contributed by atoms with E-state index in [4.69, 9.17) is 5.73 Å². The van der Waals surface area contributed by atoms with E-state index < -0.39 is 0 Å². The number of fused-ring (bicyclic) bond motifs is 1. The van der Waals surface area contributed by atoms with Crippen molar-refractivity contribution in [2.24, 2.45) is 11.7 Å². The van der Waals surface area contributed by atoms with Gasteiger partial charge in [0.1, 0.15) is 5.56 Å². The smallest absolute Gasteiger partial charge is 0.256 e. The molecular weight excluding hydrogens is 266 g/mol. The molecule has 2 aromatic rings. The van der Waals surface area contributed by atoms with E-state index in [2.05, 4.69) is 15.4 Å². The molecule has 3 N–H and O–H groups in total. The summed E-state index contributed by atoms with van der Waals surface area (Å²) in [6, 6.07) is 2.12. The molecule has 2 heterocycles. The van der Waals surface area contributed by atoms with Gasteiger partial charge >= 0.3 is 0 Å². The van der Waals surface area contributed by atoms with Gasteiger partial charge in [0.25, 0.3) is 5.91 Å². The predicted molar refractivity (Wildman–Crippen MR) is 80.1 cm³/mol. The number of hydrogen-bond donors (Lipinski definition) is 2. The number of nitrogens with one attached hydrogen (secondary N) is 1. The normalized spacial score (nSPS) is 21.9. The van der Waals surface area contributed by atoms with Crippen LogP contribution in [0.1, 0.15) is 41.0 Å². The van der Waals surface area contributed by atoms with Crippen LogP contribution in [0.2, 0.25) is 0 Å². The molecule has 1 fully saturated rings. The maximum Gasteiger partial charge on any atom is 0.256 e. The SMILES string of the molecule is Cc1cc(C)n2ncc(C(=O)NC3CCCC3CN)c2n1. The van der Waals surface area contributed by atoms with Gasteiger partial charge in [-0.05, 0) is 45.2 Å². The molecule has 0 radical (unpaired) electrons. The van der Waals surface area contributed by atoms with Gasteiger partial charge in [0.15, 0.2) is 5.65 Å². The molecular formula is C15H21N5O. The quantitative estimate of drug-likeness (QED) is 0.888. The van der Waals surface area contributed by atoms with E-state index in [-0.39, 0.29) is 11.9 Å². The van der Waals surface area contributed by atoms with Gasteiger partial charge in [-0.3, -0.25) is 4.79 Å². The van der Waals surface area contributed by atoms with Crippen molar-refractivity contribution in [2.45, 2.75) is 39.2 Å². The monoisotopic (exact) mass is 287 g/mol. The topological polar surface area (TPSA) is 85.3 Å². The molecule has 2 aromatic heterocycles. The number of carbonyl (C=O) groups is 1. The van der Waals surface area contributed by atoms with Crippen LogP contribution in [0.3, 0.4) is 0 Å². The summed E-state index contributed by atoms with van der Waals surface area (Å²) in [5.74, 6) is 0.278. The second kappa shape index (κ2) is 5.44. The van der Waals surface area contributed by atoms with Crippen molar-refractivity contribution < 1.29 is 4.79 Å². The Morgan fingerprint density at radius 2 is 2.29 bits per heavy atom. The number of aryl methyl sites for hydroxylation is 2. The van der Waals surface area contributed by atoms with E-state index in [1.807, 2.05) is 19.9 Å². The molecule has 3 rings (SSSR count). The van der Waals surface area contributed by atoms with E-state index in [1.165, 1.54) is 0 Å². The zero-order chi connectivity index (χ0) is 15.0. The molecule has 1 aliphatic rings. The molecule has 0 bridgehead atoms. The summed E-state index contributed by atoms with van der Waals surface area (Å²) >= 11 is 0. The molecule has 0 aliphatic heterocycles. The van der Waals surface area contributed by atoms with Gasteiger partial charge < -0.3 is 11.1 Å². The second-order valence-corrected chi connectivity index (χ2v) is 5.84. The first kappa shape index (κ1) is 14.0. The van der Waals surface area contributed by atoms with Crippen molar-refractivity contribution in [3.05, 3.63) is 29.2 Å². The fourth-order valence-corrected chi connectivity index (χ4v) is 3.19. The van der Waals surface area contributed by atoms with Gasteiger partial charge in [-0.15, -0.1) is 0 Å². The Morgan fingerprint density at radius 1 is 1.48 bits per heavy atom. The van der Waals surface area contributed by atoms with Crippen molar-refractivity contribution >= 4 is 11.6 Å². The van der Waals surface area contributed by atoms with Crippen molar-refractivity contribution in [3.8, 4) is 0 Å². The highest BCUT2D eigenvalue weighted by Gasteiger charge is 2.28. The summed E-state index contributed by atoms with van der Waals surface area (Å²) in [5, 5.41) is 7.36. The van der Waals surface area contributed by atoms with Crippen molar-refractivity contribution in [1.29, 1.82) is 0 Å². The Bertz CT molecular complexity index is 678. The molecule has 2 unspecified atom stereocenters. The maximum atomic E-state index is 12.5. The van der Waals surface area contributed by atoms with Crippen LogP contribution in [-0.4, -0.2) is 33.1 Å². The van der Waals surface area contributed by atoms with Crippen LogP contribution in [0, 0.1) is 19.8 Å². The maximum absolute atomic E-state index is 12.5. The summed E-state index contributed by atoms with van der Waals surface area (Å²) < 4.78 is 1.71. The summed E-state index contributed by atoms with van der Waals surface area (Å²) in [5.41, 5.74) is 8.77. The molecule has 0 saturated heterocycles. The number of amides is 1. The van der Waals surface area contributed by atoms with Crippen LogP contribution in [0.25, 0.3) is 5.65 Å². The van der Waals surface area contributed by atoms with Crippen LogP contribution in [0.5, 0.6) is 0 Å². The largest absolute Gasteiger partial charge is 0.349 e. The van der Waals surface area contributed by atoms with Gasteiger partial charge in [-0.2, -0.15) is 5.10 Å². The Morgan fingerprint density at radius 3 is 3.05 bits per heavy atom. The molecule has 0 aromatic carbocycles. The minimum absolute atomic E-state index is 0.104. The van der Waals surface area contributed by atoms with Gasteiger partial charge in [0.05, 0.1) is 6.20 Å². The van der Waals surface area contributed by atoms with Gasteiger partial charge in [0.2, 0.25) is 0 Å². The average molecular weight is 287 g/mol. The summed E-state index contributed by atoms with van der Waals surface area (Å²) in [6.45, 7) is 4.50. The first-order valence-electron chi connectivity index (χ1n) is 7.43. The van der Waals surface area contributed by atoms with Gasteiger partial charge in [-0.1, -0.05) is 6.42 Å². The fraction of sp³-hybridized carbons (Fsp3) is 0.533. The van der Waals surface area contributed by atoms with E-state index in [9.17, 15) is 4.79 Å². The lowest BCUT2D eigenvalue weighted by Gasteiger charge is -2.19. The zero-order valence-electron chi connectivity index (χ0n) is 12.5. The predicted octanol–water partition coefficient (Wildman–Crippen LogP) is 1.20. The van der Waals surface area contributed by atoms with E-state index in [1.54, 1.807) is 10.7 Å². The third-order valence-electron chi connectivity index (χ3n) is 4.30. The number of carbonyl (C=O) groups excluding carboxylic acids is 1. The number of nitrogens with two attached hydrogens (primary N) is 1. The first-order chi connectivity index (χ1) is 10.1. The molecule has 0 spiro atoms. The second-order valence-electron chi connectivity index (χ2n) is 5.84. The highest BCUT2D eigenvalue weighted by molar-refractivity contribution is 5.99. The minimum Gasteiger partial charge on any atom is -0.349 e. The third kappa shape index (κ3) is 2.51. The lowest BCUT2D eigenvalue weighted by molar-refractivity contribution is 0.0930. The average Bonchev–Trinajstić information content (AvgIpc) is 3.04. The van der Waals surface area contributed by atoms with Crippen LogP contribution < -0.4 is 11.1 Å². The lowest BCUT2D eigenvalue weighted by Crippen LogP contribution is -2.39. The van der Waals surface area contributed by atoms with Crippen LogP contribution >= 0.6 is 0 Å². The summed E-state index contributed by atoms with van der Waals surface area (Å²) in [7, 11) is 0. The lowest BCUT2D eigenvalue weighted by atomic mass is 10.0. The number of nitrogens with zero attached hydrogens (tertiary/aromatic N) is 3. The first-order valence-corrected chi connectivity index (χ1v) is 7.43. The van der Waals surface area contributed by atoms with E-state index in [0.29, 0.717) is 23.7 Å². The molecule has 21 heavy (non-hydrogen) atoms. The summed E-state index contributed by atoms with van der Waals surface area (Å²) in [6.07, 6.45) is 4.81. The molecule has 112 valence electrons. The van der Waals surface area contributed by atoms with Gasteiger partial charge in [-0.25, -0.2) is 9.50 Å². The van der Waals surface area contributed by atoms with E-state index in [0.717, 1.165) is 30.7 Å². The molecule has 6 nitrogen and oxygen atoms in total. The van der Waals surface area contributed by atoms with Crippen LogP contribution in [0.4, 0.5) is 0 Å². The zero-order valence-corrected chi connectivity index (χ0v) is 12.5. The third-order valence-corrected chi connectivity index (χ3v) is 4.30. The Labute approximate surface area is 123 Å². The molecule has 2 atom stereocenters. The van der Waals surface area contributed by atoms with Crippen molar-refractivity contribution in [3.63, 3.8) is 0 Å². The minimum atomic E-state index is -0.104. The van der Waals surface area contributed by atoms with Crippen LogP contribution in [-0.2, 0) is 0 Å². The van der Waals surface area contributed by atoms with Crippen molar-refractivity contribution in [2.75, 3.05) is 6.54 Å². The van der Waals surface area contributed by atoms with Gasteiger partial charge in [0, 0.05) is 17.4 Å². The Kier molecular flexibility index (Phi) is 3.63. The Balaban J connectivity index is 1.88. The van der Waals surface area contributed by atoms with Crippen molar-refractivity contribution in [1.82, 2.24) is 19.9 Å². The standard InChI is InChI=1S/C15H21N5O/c1-9-6-10(2)20-14(18-9)12(8-17-20)15(21)19-13-5-3-4-11(13)7-16/h6,8,11,13H,3-5,7,16H2,1-2H3,(H,19,21). The molecule has 6 heteroatoms. The number of rotatable bonds is 3. The number of hydrogen-bond acceptors (Lipinski definition) is 4. The molecule has 1 aliphatic carbocycles. The molecule has 1 amide bonds. The van der Waals surface area contributed by atoms with Crippen LogP contribution in [0.15, 0.2) is 12.3 Å². The fourth-order valence-electron chi connectivity index (χ4n) is 3.19. The Hall–Kier alpha value is -1.95. The highest BCUT2D eigenvalue weighted by atomic mass is 16.1. The summed E-state index contributed by atoms with van der Waals surface area (Å²) in [4.78, 5) is 17.0.